The van der Waals surface area contributed by atoms with E-state index in [1.807, 2.05) is 6.92 Å². The third-order valence-corrected chi connectivity index (χ3v) is 5.43. The van der Waals surface area contributed by atoms with Gasteiger partial charge >= 0.3 is 0 Å². The predicted octanol–water partition coefficient (Wildman–Crippen LogP) is 0.642. The molecule has 1 aliphatic carbocycles. The second kappa shape index (κ2) is 10.7. The minimum atomic E-state index is -0.810. The second-order valence-corrected chi connectivity index (χ2v) is 7.31. The van der Waals surface area contributed by atoms with E-state index in [2.05, 4.69) is 16.0 Å². The standard InChI is InChI=1S/C19H33N3O5/c1-3-4-8-14(16(23)17(24)21-13-15-26-11-12-27-15)22-18(25)19(20-2)9-6-5-7-10-19/h14-15,20H,3-13H2,1-2H3,(H,21,24)(H,22,25)/t14-/m0/s1. The number of nitrogens with one attached hydrogen (secondary N) is 3. The van der Waals surface area contributed by atoms with Gasteiger partial charge in [-0.25, -0.2) is 0 Å². The zero-order valence-electron chi connectivity index (χ0n) is 16.5. The van der Waals surface area contributed by atoms with Gasteiger partial charge in [0.2, 0.25) is 11.7 Å². The molecule has 1 saturated heterocycles. The van der Waals surface area contributed by atoms with Gasteiger partial charge in [0.05, 0.1) is 31.3 Å². The molecule has 2 amide bonds. The third kappa shape index (κ3) is 5.99. The maximum absolute atomic E-state index is 12.9. The van der Waals surface area contributed by atoms with Gasteiger partial charge in [-0.15, -0.1) is 0 Å². The van der Waals surface area contributed by atoms with Crippen molar-refractivity contribution in [3.63, 3.8) is 0 Å². The van der Waals surface area contributed by atoms with E-state index < -0.39 is 29.6 Å². The number of rotatable bonds is 10. The summed E-state index contributed by atoms with van der Waals surface area (Å²) in [6.07, 6.45) is 6.12. The van der Waals surface area contributed by atoms with Crippen molar-refractivity contribution in [2.45, 2.75) is 76.2 Å². The molecule has 2 fully saturated rings. The SMILES string of the molecule is CCCC[C@H](NC(=O)C1(NC)CCCCC1)C(=O)C(=O)NCC1OCCO1. The van der Waals surface area contributed by atoms with Crippen LogP contribution in [0.25, 0.3) is 0 Å². The first kappa shape index (κ1) is 21.8. The highest BCUT2D eigenvalue weighted by atomic mass is 16.7. The zero-order valence-corrected chi connectivity index (χ0v) is 16.5. The number of ketones is 1. The maximum atomic E-state index is 12.9. The summed E-state index contributed by atoms with van der Waals surface area (Å²) in [5, 5.41) is 8.55. The number of unbranched alkanes of at least 4 members (excludes halogenated alkanes) is 1. The van der Waals surface area contributed by atoms with Crippen LogP contribution in [-0.4, -0.2) is 62.3 Å². The van der Waals surface area contributed by atoms with Crippen molar-refractivity contribution in [1.29, 1.82) is 0 Å². The summed E-state index contributed by atoms with van der Waals surface area (Å²) < 4.78 is 10.5. The smallest absolute Gasteiger partial charge is 0.289 e. The highest BCUT2D eigenvalue weighted by molar-refractivity contribution is 6.38. The summed E-state index contributed by atoms with van der Waals surface area (Å²) in [5.74, 6) is -1.51. The number of amides is 2. The average molecular weight is 383 g/mol. The van der Waals surface area contributed by atoms with E-state index in [-0.39, 0.29) is 12.5 Å². The summed E-state index contributed by atoms with van der Waals surface area (Å²) in [6.45, 7) is 3.10. The fraction of sp³-hybridized carbons (Fsp3) is 0.842. The Bertz CT molecular complexity index is 513. The fourth-order valence-corrected chi connectivity index (χ4v) is 3.67. The van der Waals surface area contributed by atoms with Gasteiger partial charge in [-0.3, -0.25) is 14.4 Å². The summed E-state index contributed by atoms with van der Waals surface area (Å²) in [6, 6.07) is -0.810. The van der Waals surface area contributed by atoms with Crippen LogP contribution < -0.4 is 16.0 Å². The molecular formula is C19H33N3O5. The predicted molar refractivity (Wildman–Crippen MR) is 100 cm³/mol. The molecule has 8 nitrogen and oxygen atoms in total. The van der Waals surface area contributed by atoms with E-state index in [0.717, 1.165) is 44.9 Å². The number of hydrogen-bond donors (Lipinski definition) is 3. The van der Waals surface area contributed by atoms with Gasteiger partial charge in [0.15, 0.2) is 6.29 Å². The molecule has 27 heavy (non-hydrogen) atoms. The molecule has 0 unspecified atom stereocenters. The molecule has 2 aliphatic rings. The Morgan fingerprint density at radius 1 is 1.11 bits per heavy atom. The van der Waals surface area contributed by atoms with E-state index in [9.17, 15) is 14.4 Å². The molecule has 1 saturated carbocycles. The lowest BCUT2D eigenvalue weighted by Gasteiger charge is -2.36. The third-order valence-electron chi connectivity index (χ3n) is 5.43. The number of carbonyl (C=O) groups excluding carboxylic acids is 3. The van der Waals surface area contributed by atoms with E-state index >= 15 is 0 Å². The molecule has 0 aromatic rings. The van der Waals surface area contributed by atoms with Crippen LogP contribution >= 0.6 is 0 Å². The average Bonchev–Trinajstić information content (AvgIpc) is 3.22. The lowest BCUT2D eigenvalue weighted by molar-refractivity contribution is -0.142. The molecule has 154 valence electrons. The minimum absolute atomic E-state index is 0.124. The van der Waals surface area contributed by atoms with Crippen LogP contribution in [0.15, 0.2) is 0 Å². The number of likely N-dealkylation sites (N-methyl/N-ethyl adjacent to an activating group) is 1. The van der Waals surface area contributed by atoms with Crippen LogP contribution in [0.1, 0.15) is 58.3 Å². The van der Waals surface area contributed by atoms with Gasteiger partial charge in [-0.1, -0.05) is 39.0 Å². The monoisotopic (exact) mass is 383 g/mol. The van der Waals surface area contributed by atoms with Gasteiger partial charge in [-0.2, -0.15) is 0 Å². The van der Waals surface area contributed by atoms with Gasteiger partial charge in [0.1, 0.15) is 0 Å². The van der Waals surface area contributed by atoms with Crippen LogP contribution in [0, 0.1) is 0 Å². The summed E-state index contributed by atoms with van der Waals surface area (Å²) in [4.78, 5) is 37.8. The summed E-state index contributed by atoms with van der Waals surface area (Å²) in [5.41, 5.74) is -0.648. The molecule has 0 aromatic heterocycles. The number of hydrogen-bond acceptors (Lipinski definition) is 6. The highest BCUT2D eigenvalue weighted by Crippen LogP contribution is 2.28. The minimum Gasteiger partial charge on any atom is -0.348 e. The molecular weight excluding hydrogens is 350 g/mol. The molecule has 8 heteroatoms. The Kier molecular flexibility index (Phi) is 8.66. The van der Waals surface area contributed by atoms with Crippen LogP contribution in [-0.2, 0) is 23.9 Å². The van der Waals surface area contributed by atoms with Gasteiger partial charge in [-0.05, 0) is 26.3 Å². The van der Waals surface area contributed by atoms with Crippen molar-refractivity contribution in [2.75, 3.05) is 26.8 Å². The van der Waals surface area contributed by atoms with Crippen LogP contribution in [0.4, 0.5) is 0 Å². The maximum Gasteiger partial charge on any atom is 0.289 e. The van der Waals surface area contributed by atoms with E-state index in [1.165, 1.54) is 0 Å². The fourth-order valence-electron chi connectivity index (χ4n) is 3.67. The molecule has 1 aliphatic heterocycles. The Balaban J connectivity index is 1.96. The molecule has 0 aromatic carbocycles. The molecule has 0 spiro atoms. The normalized spacial score (nSPS) is 20.8. The van der Waals surface area contributed by atoms with Crippen molar-refractivity contribution in [3.8, 4) is 0 Å². The quantitative estimate of drug-likeness (QED) is 0.478. The van der Waals surface area contributed by atoms with Crippen molar-refractivity contribution in [3.05, 3.63) is 0 Å². The summed E-state index contributed by atoms with van der Waals surface area (Å²) >= 11 is 0. The van der Waals surface area contributed by atoms with E-state index in [0.29, 0.717) is 19.6 Å². The van der Waals surface area contributed by atoms with Gasteiger partial charge < -0.3 is 25.4 Å². The second-order valence-electron chi connectivity index (χ2n) is 7.31. The zero-order chi connectivity index (χ0) is 19.7. The highest BCUT2D eigenvalue weighted by Gasteiger charge is 2.40. The van der Waals surface area contributed by atoms with Crippen molar-refractivity contribution >= 4 is 17.6 Å². The number of ether oxygens (including phenoxy) is 2. The first-order chi connectivity index (χ1) is 13.0. The molecule has 2 rings (SSSR count). The lowest BCUT2D eigenvalue weighted by atomic mass is 9.80. The van der Waals surface area contributed by atoms with Crippen LogP contribution in [0.3, 0.4) is 0 Å². The van der Waals surface area contributed by atoms with Gasteiger partial charge in [0, 0.05) is 0 Å². The van der Waals surface area contributed by atoms with Crippen molar-refractivity contribution in [1.82, 2.24) is 16.0 Å². The van der Waals surface area contributed by atoms with Crippen molar-refractivity contribution in [2.24, 2.45) is 0 Å². The summed E-state index contributed by atoms with van der Waals surface area (Å²) in [7, 11) is 1.78. The molecule has 0 radical (unpaired) electrons. The Labute approximate surface area is 161 Å². The van der Waals surface area contributed by atoms with E-state index in [1.54, 1.807) is 7.05 Å². The Morgan fingerprint density at radius 2 is 1.78 bits per heavy atom. The first-order valence-electron chi connectivity index (χ1n) is 10.1. The Hall–Kier alpha value is -1.51. The lowest BCUT2D eigenvalue weighted by Crippen LogP contribution is -2.60. The van der Waals surface area contributed by atoms with Gasteiger partial charge in [0.25, 0.3) is 5.91 Å². The van der Waals surface area contributed by atoms with Crippen molar-refractivity contribution < 1.29 is 23.9 Å². The number of Topliss-reactive ketones (excluding diaryl/α,β-unsaturated/α-hetero) is 1. The molecule has 1 heterocycles. The van der Waals surface area contributed by atoms with Crippen LogP contribution in [0.5, 0.6) is 0 Å². The largest absolute Gasteiger partial charge is 0.348 e. The molecule has 1 atom stereocenters. The number of carbonyl (C=O) groups is 3. The van der Waals surface area contributed by atoms with E-state index in [4.69, 9.17) is 9.47 Å². The van der Waals surface area contributed by atoms with Crippen LogP contribution in [0.2, 0.25) is 0 Å². The first-order valence-corrected chi connectivity index (χ1v) is 10.1. The topological polar surface area (TPSA) is 106 Å². The molecule has 0 bridgehead atoms. The molecule has 3 N–H and O–H groups in total. The Morgan fingerprint density at radius 3 is 2.37 bits per heavy atom.